The first-order chi connectivity index (χ1) is 15.2. The van der Waals surface area contributed by atoms with Gasteiger partial charge in [-0.1, -0.05) is 54.2 Å². The van der Waals surface area contributed by atoms with Gasteiger partial charge in [-0.05, 0) is 30.5 Å². The van der Waals surface area contributed by atoms with Crippen molar-refractivity contribution in [3.8, 4) is 11.4 Å². The van der Waals surface area contributed by atoms with Crippen LogP contribution in [0.2, 0.25) is 0 Å². The molecule has 8 heteroatoms. The zero-order valence-electron chi connectivity index (χ0n) is 17.4. The van der Waals surface area contributed by atoms with Gasteiger partial charge in [0.25, 0.3) is 0 Å². The molecular formula is C23H25FN4O2S. The Morgan fingerprint density at radius 2 is 1.90 bits per heavy atom. The summed E-state index contributed by atoms with van der Waals surface area (Å²) in [6.45, 7) is 1.51. The molecule has 1 aliphatic carbocycles. The zero-order chi connectivity index (χ0) is 21.6. The average molecular weight is 441 g/mol. The molecule has 31 heavy (non-hydrogen) atoms. The van der Waals surface area contributed by atoms with Crippen LogP contribution in [0.5, 0.6) is 0 Å². The van der Waals surface area contributed by atoms with E-state index in [1.807, 2.05) is 34.9 Å². The van der Waals surface area contributed by atoms with Crippen LogP contribution in [0.25, 0.3) is 11.4 Å². The lowest BCUT2D eigenvalue weighted by molar-refractivity contribution is -0.129. The minimum Gasteiger partial charge on any atom is -0.383 e. The van der Waals surface area contributed by atoms with Gasteiger partial charge in [-0.2, -0.15) is 0 Å². The molecule has 0 unspecified atom stereocenters. The lowest BCUT2D eigenvalue weighted by Gasteiger charge is -2.22. The monoisotopic (exact) mass is 440 g/mol. The Morgan fingerprint density at radius 1 is 1.16 bits per heavy atom. The summed E-state index contributed by atoms with van der Waals surface area (Å²) in [6, 6.07) is 16.7. The maximum absolute atomic E-state index is 14.3. The number of rotatable bonds is 10. The molecule has 1 amide bonds. The molecule has 1 saturated carbocycles. The summed E-state index contributed by atoms with van der Waals surface area (Å²) < 4.78 is 21.5. The van der Waals surface area contributed by atoms with Gasteiger partial charge < -0.3 is 9.64 Å². The van der Waals surface area contributed by atoms with Gasteiger partial charge in [0.2, 0.25) is 5.91 Å². The van der Waals surface area contributed by atoms with Crippen molar-refractivity contribution < 1.29 is 13.9 Å². The fourth-order valence-electron chi connectivity index (χ4n) is 3.38. The van der Waals surface area contributed by atoms with Gasteiger partial charge in [-0.15, -0.1) is 10.2 Å². The van der Waals surface area contributed by atoms with Gasteiger partial charge in [0.15, 0.2) is 11.0 Å². The number of amides is 1. The van der Waals surface area contributed by atoms with Gasteiger partial charge in [0.05, 0.1) is 17.9 Å². The molecule has 1 aliphatic rings. The lowest BCUT2D eigenvalue weighted by atomic mass is 10.2. The minimum atomic E-state index is -0.321. The Kier molecular flexibility index (Phi) is 6.99. The standard InChI is InChI=1S/C23H25FN4O2S/c1-30-14-13-27(15-17-7-3-2-4-8-17)21(29)16-31-23-26-25-22(28(23)18-11-12-18)19-9-5-6-10-20(19)24/h2-10,18H,11-16H2,1H3. The van der Waals surface area contributed by atoms with Gasteiger partial charge in [0.1, 0.15) is 5.82 Å². The van der Waals surface area contributed by atoms with E-state index in [1.165, 1.54) is 17.8 Å². The van der Waals surface area contributed by atoms with E-state index in [-0.39, 0.29) is 23.5 Å². The molecule has 162 valence electrons. The third-order valence-electron chi connectivity index (χ3n) is 5.15. The van der Waals surface area contributed by atoms with E-state index in [4.69, 9.17) is 4.74 Å². The highest BCUT2D eigenvalue weighted by atomic mass is 32.2. The normalized spacial score (nSPS) is 13.4. The molecule has 0 N–H and O–H groups in total. The van der Waals surface area contributed by atoms with Gasteiger partial charge >= 0.3 is 0 Å². The Labute approximate surface area is 185 Å². The van der Waals surface area contributed by atoms with E-state index in [2.05, 4.69) is 10.2 Å². The van der Waals surface area contributed by atoms with Crippen LogP contribution in [-0.2, 0) is 16.1 Å². The van der Waals surface area contributed by atoms with Crippen molar-refractivity contribution in [2.75, 3.05) is 26.0 Å². The van der Waals surface area contributed by atoms with Crippen LogP contribution >= 0.6 is 11.8 Å². The van der Waals surface area contributed by atoms with Crippen molar-refractivity contribution in [3.05, 3.63) is 66.0 Å². The number of thioether (sulfide) groups is 1. The number of hydrogen-bond donors (Lipinski definition) is 0. The highest BCUT2D eigenvalue weighted by Gasteiger charge is 2.31. The molecule has 4 rings (SSSR count). The smallest absolute Gasteiger partial charge is 0.233 e. The summed E-state index contributed by atoms with van der Waals surface area (Å²) in [5.41, 5.74) is 1.51. The highest BCUT2D eigenvalue weighted by Crippen LogP contribution is 2.41. The van der Waals surface area contributed by atoms with Crippen LogP contribution in [0.4, 0.5) is 4.39 Å². The quantitative estimate of drug-likeness (QED) is 0.443. The highest BCUT2D eigenvalue weighted by molar-refractivity contribution is 7.99. The maximum Gasteiger partial charge on any atom is 0.233 e. The number of carbonyl (C=O) groups excluding carboxylic acids is 1. The summed E-state index contributed by atoms with van der Waals surface area (Å²) >= 11 is 1.35. The number of aromatic nitrogens is 3. The molecule has 0 bridgehead atoms. The molecule has 1 aromatic heterocycles. The van der Waals surface area contributed by atoms with E-state index in [0.29, 0.717) is 36.2 Å². The summed E-state index contributed by atoms with van der Waals surface area (Å²) in [4.78, 5) is 14.8. The van der Waals surface area contributed by atoms with Crippen LogP contribution in [0, 0.1) is 5.82 Å². The molecule has 3 aromatic rings. The van der Waals surface area contributed by atoms with E-state index >= 15 is 0 Å². The predicted octanol–water partition coefficient (Wildman–Crippen LogP) is 4.19. The van der Waals surface area contributed by atoms with Crippen molar-refractivity contribution in [1.29, 1.82) is 0 Å². The number of methoxy groups -OCH3 is 1. The summed E-state index contributed by atoms with van der Waals surface area (Å²) in [5, 5.41) is 9.20. The Balaban J connectivity index is 1.48. The number of benzene rings is 2. The van der Waals surface area contributed by atoms with E-state index in [1.54, 1.807) is 30.2 Å². The molecule has 2 aromatic carbocycles. The third-order valence-corrected chi connectivity index (χ3v) is 6.08. The van der Waals surface area contributed by atoms with Gasteiger partial charge in [-0.3, -0.25) is 9.36 Å². The number of nitrogens with zero attached hydrogens (tertiary/aromatic N) is 4. The molecule has 0 saturated heterocycles. The van der Waals surface area contributed by atoms with E-state index < -0.39 is 0 Å². The number of ether oxygens (including phenoxy) is 1. The number of halogens is 1. The average Bonchev–Trinajstić information content (AvgIpc) is 3.55. The number of carbonyl (C=O) groups is 1. The molecule has 1 heterocycles. The fourth-order valence-corrected chi connectivity index (χ4v) is 4.29. The third kappa shape index (κ3) is 5.32. The molecule has 0 spiro atoms. The second-order valence-electron chi connectivity index (χ2n) is 7.47. The van der Waals surface area contributed by atoms with Crippen LogP contribution in [0.15, 0.2) is 59.8 Å². The van der Waals surface area contributed by atoms with Crippen LogP contribution < -0.4 is 0 Å². The molecular weight excluding hydrogens is 415 g/mol. The van der Waals surface area contributed by atoms with Crippen molar-refractivity contribution in [2.24, 2.45) is 0 Å². The van der Waals surface area contributed by atoms with Crippen molar-refractivity contribution in [2.45, 2.75) is 30.6 Å². The van der Waals surface area contributed by atoms with Gasteiger partial charge in [0, 0.05) is 26.2 Å². The Hall–Kier alpha value is -2.71. The largest absolute Gasteiger partial charge is 0.383 e. The van der Waals surface area contributed by atoms with Crippen LogP contribution in [0.1, 0.15) is 24.4 Å². The van der Waals surface area contributed by atoms with Crippen LogP contribution in [0.3, 0.4) is 0 Å². The minimum absolute atomic E-state index is 0.00342. The van der Waals surface area contributed by atoms with Crippen molar-refractivity contribution in [3.63, 3.8) is 0 Å². The van der Waals surface area contributed by atoms with Crippen LogP contribution in [-0.4, -0.2) is 51.6 Å². The summed E-state index contributed by atoms with van der Waals surface area (Å²) in [5.74, 6) is 0.441. The van der Waals surface area contributed by atoms with Crippen molar-refractivity contribution in [1.82, 2.24) is 19.7 Å². The predicted molar refractivity (Wildman–Crippen MR) is 118 cm³/mol. The Morgan fingerprint density at radius 3 is 2.61 bits per heavy atom. The molecule has 0 radical (unpaired) electrons. The zero-order valence-corrected chi connectivity index (χ0v) is 18.2. The van der Waals surface area contributed by atoms with E-state index in [9.17, 15) is 9.18 Å². The first-order valence-corrected chi connectivity index (χ1v) is 11.3. The molecule has 0 aliphatic heterocycles. The molecule has 6 nitrogen and oxygen atoms in total. The second kappa shape index (κ2) is 10.1. The van der Waals surface area contributed by atoms with Gasteiger partial charge in [-0.25, -0.2) is 4.39 Å². The fraction of sp³-hybridized carbons (Fsp3) is 0.348. The summed E-state index contributed by atoms with van der Waals surface area (Å²) in [6.07, 6.45) is 2.02. The topological polar surface area (TPSA) is 60.2 Å². The maximum atomic E-state index is 14.3. The first-order valence-electron chi connectivity index (χ1n) is 10.3. The molecule has 1 fully saturated rings. The number of hydrogen-bond acceptors (Lipinski definition) is 5. The SMILES string of the molecule is COCCN(Cc1ccccc1)C(=O)CSc1nnc(-c2ccccc2F)n1C1CC1. The Bertz CT molecular complexity index is 1020. The van der Waals surface area contributed by atoms with Crippen molar-refractivity contribution >= 4 is 17.7 Å². The second-order valence-corrected chi connectivity index (χ2v) is 8.41. The summed E-state index contributed by atoms with van der Waals surface area (Å²) in [7, 11) is 1.63. The lowest BCUT2D eigenvalue weighted by Crippen LogP contribution is -2.34. The first kappa shape index (κ1) is 21.5. The van der Waals surface area contributed by atoms with E-state index in [0.717, 1.165) is 18.4 Å². The molecule has 0 atom stereocenters.